The van der Waals surface area contributed by atoms with Crippen LogP contribution in [0.4, 0.5) is 0 Å². The number of benzene rings is 2. The van der Waals surface area contributed by atoms with Gasteiger partial charge in [0.25, 0.3) is 5.91 Å². The molecule has 32 heavy (non-hydrogen) atoms. The van der Waals surface area contributed by atoms with E-state index in [9.17, 15) is 4.79 Å². The van der Waals surface area contributed by atoms with Crippen molar-refractivity contribution in [2.24, 2.45) is 4.99 Å². The molecule has 0 fully saturated rings. The van der Waals surface area contributed by atoms with Gasteiger partial charge >= 0.3 is 0 Å². The summed E-state index contributed by atoms with van der Waals surface area (Å²) in [6.07, 6.45) is 8.94. The van der Waals surface area contributed by atoms with Crippen molar-refractivity contribution in [3.8, 4) is 11.6 Å². The Morgan fingerprint density at radius 2 is 1.72 bits per heavy atom. The van der Waals surface area contributed by atoms with Crippen LogP contribution in [0.25, 0.3) is 5.69 Å². The molecule has 6 heteroatoms. The first kappa shape index (κ1) is 23.7. The lowest BCUT2D eigenvalue weighted by Crippen LogP contribution is -2.16. The molecule has 1 aromatic heterocycles. The zero-order valence-electron chi connectivity index (χ0n) is 18.5. The Hall–Kier alpha value is -2.92. The molecule has 168 valence electrons. The molecule has 0 spiro atoms. The van der Waals surface area contributed by atoms with Crippen molar-refractivity contribution in [2.45, 2.75) is 51.9 Å². The monoisotopic (exact) mass is 451 g/mol. The second-order valence-electron chi connectivity index (χ2n) is 7.72. The summed E-state index contributed by atoms with van der Waals surface area (Å²) in [5.41, 5.74) is 1.76. The average molecular weight is 452 g/mol. The zero-order chi connectivity index (χ0) is 22.6. The van der Waals surface area contributed by atoms with E-state index in [2.05, 4.69) is 17.0 Å². The van der Waals surface area contributed by atoms with Crippen LogP contribution in [0.1, 0.15) is 51.0 Å². The highest BCUT2D eigenvalue weighted by Crippen LogP contribution is 2.15. The van der Waals surface area contributed by atoms with Gasteiger partial charge < -0.3 is 4.74 Å². The van der Waals surface area contributed by atoms with Crippen LogP contribution in [-0.2, 0) is 11.2 Å². The number of rotatable bonds is 11. The number of carbonyl (C=O) groups is 1. The Bertz CT molecular complexity index is 1050. The summed E-state index contributed by atoms with van der Waals surface area (Å²) in [6.45, 7) is 2.82. The van der Waals surface area contributed by atoms with Gasteiger partial charge in [-0.05, 0) is 36.2 Å². The minimum absolute atomic E-state index is 0.207. The highest BCUT2D eigenvalue weighted by Gasteiger charge is 2.07. The molecule has 5 nitrogen and oxygen atoms in total. The Labute approximate surface area is 194 Å². The first-order valence-corrected chi connectivity index (χ1v) is 11.6. The van der Waals surface area contributed by atoms with Crippen LogP contribution in [0.5, 0.6) is 5.88 Å². The quantitative estimate of drug-likeness (QED) is 0.339. The molecule has 0 saturated heterocycles. The van der Waals surface area contributed by atoms with Gasteiger partial charge in [0.1, 0.15) is 0 Å². The molecule has 0 radical (unpaired) electrons. The summed E-state index contributed by atoms with van der Waals surface area (Å²) >= 11 is 5.91. The SMILES string of the molecule is CCCCCCCCOc1c/c(=N/C(=O)Cc2ccc(Cl)cc2)cnn1-c1ccccc1. The summed E-state index contributed by atoms with van der Waals surface area (Å²) in [4.78, 5) is 16.7. The van der Waals surface area contributed by atoms with Crippen LogP contribution in [0.15, 0.2) is 71.9 Å². The number of hydrogen-bond acceptors (Lipinski definition) is 3. The highest BCUT2D eigenvalue weighted by atomic mass is 35.5. The van der Waals surface area contributed by atoms with Crippen LogP contribution in [0.2, 0.25) is 5.02 Å². The summed E-state index contributed by atoms with van der Waals surface area (Å²) in [7, 11) is 0. The highest BCUT2D eigenvalue weighted by molar-refractivity contribution is 6.30. The third-order valence-electron chi connectivity index (χ3n) is 5.06. The molecule has 0 bridgehead atoms. The lowest BCUT2D eigenvalue weighted by molar-refractivity contribution is -0.117. The number of carbonyl (C=O) groups excluding carboxylic acids is 1. The maximum Gasteiger partial charge on any atom is 0.250 e. The lowest BCUT2D eigenvalue weighted by atomic mass is 10.1. The summed E-state index contributed by atoms with van der Waals surface area (Å²) in [5.74, 6) is 0.332. The van der Waals surface area contributed by atoms with Gasteiger partial charge in [0.15, 0.2) is 0 Å². The number of aromatic nitrogens is 2. The van der Waals surface area contributed by atoms with Crippen molar-refractivity contribution >= 4 is 17.5 Å². The van der Waals surface area contributed by atoms with Gasteiger partial charge in [-0.15, -0.1) is 0 Å². The molecule has 0 N–H and O–H groups in total. The normalized spacial score (nSPS) is 11.5. The topological polar surface area (TPSA) is 56.5 Å². The van der Waals surface area contributed by atoms with Crippen LogP contribution in [-0.4, -0.2) is 22.3 Å². The first-order chi connectivity index (χ1) is 15.7. The maximum atomic E-state index is 12.4. The second kappa shape index (κ2) is 12.8. The van der Waals surface area contributed by atoms with E-state index in [4.69, 9.17) is 16.3 Å². The van der Waals surface area contributed by atoms with Gasteiger partial charge in [-0.25, -0.2) is 9.67 Å². The van der Waals surface area contributed by atoms with Crippen molar-refractivity contribution in [3.63, 3.8) is 0 Å². The molecule has 0 atom stereocenters. The molecule has 2 aromatic carbocycles. The molecule has 0 aliphatic carbocycles. The predicted octanol–water partition coefficient (Wildman–Crippen LogP) is 5.94. The first-order valence-electron chi connectivity index (χ1n) is 11.3. The molecule has 1 amide bonds. The van der Waals surface area contributed by atoms with Crippen molar-refractivity contribution in [2.75, 3.05) is 6.61 Å². The van der Waals surface area contributed by atoms with Crippen LogP contribution in [0, 0.1) is 0 Å². The fourth-order valence-electron chi connectivity index (χ4n) is 3.35. The fourth-order valence-corrected chi connectivity index (χ4v) is 3.47. The minimum atomic E-state index is -0.242. The van der Waals surface area contributed by atoms with Gasteiger partial charge in [0.2, 0.25) is 5.88 Å². The van der Waals surface area contributed by atoms with E-state index >= 15 is 0 Å². The van der Waals surface area contributed by atoms with E-state index in [-0.39, 0.29) is 12.3 Å². The molecular formula is C26H30ClN3O2. The van der Waals surface area contributed by atoms with Crippen LogP contribution < -0.4 is 10.1 Å². The molecule has 3 aromatic rings. The van der Waals surface area contributed by atoms with E-state index in [1.54, 1.807) is 29.1 Å². The van der Waals surface area contributed by atoms with Crippen molar-refractivity contribution < 1.29 is 9.53 Å². The van der Waals surface area contributed by atoms with E-state index in [0.29, 0.717) is 22.9 Å². The van der Waals surface area contributed by atoms with Gasteiger partial charge in [-0.3, -0.25) is 4.79 Å². The molecule has 0 aliphatic heterocycles. The van der Waals surface area contributed by atoms with Crippen LogP contribution in [0.3, 0.4) is 0 Å². The van der Waals surface area contributed by atoms with E-state index in [1.165, 1.54) is 25.7 Å². The van der Waals surface area contributed by atoms with Crippen molar-refractivity contribution in [1.82, 2.24) is 9.78 Å². The van der Waals surface area contributed by atoms with E-state index in [1.807, 2.05) is 42.5 Å². The van der Waals surface area contributed by atoms with Gasteiger partial charge in [-0.1, -0.05) is 81.0 Å². The molecule has 0 unspecified atom stereocenters. The average Bonchev–Trinajstić information content (AvgIpc) is 2.81. The number of hydrogen-bond donors (Lipinski definition) is 0. The zero-order valence-corrected chi connectivity index (χ0v) is 19.3. The van der Waals surface area contributed by atoms with E-state index in [0.717, 1.165) is 24.1 Å². The van der Waals surface area contributed by atoms with Crippen molar-refractivity contribution in [3.05, 3.63) is 82.8 Å². The Kier molecular flexibility index (Phi) is 9.51. The molecular weight excluding hydrogens is 422 g/mol. The largest absolute Gasteiger partial charge is 0.478 e. The van der Waals surface area contributed by atoms with E-state index < -0.39 is 0 Å². The van der Waals surface area contributed by atoms with Gasteiger partial charge in [0, 0.05) is 11.1 Å². The smallest absolute Gasteiger partial charge is 0.250 e. The maximum absolute atomic E-state index is 12.4. The number of halogens is 1. The van der Waals surface area contributed by atoms with Gasteiger partial charge in [0.05, 0.1) is 30.3 Å². The third-order valence-corrected chi connectivity index (χ3v) is 5.31. The number of amides is 1. The summed E-state index contributed by atoms with van der Waals surface area (Å²) in [5, 5.41) is 5.61. The number of nitrogens with zero attached hydrogens (tertiary/aromatic N) is 3. The Morgan fingerprint density at radius 3 is 2.47 bits per heavy atom. The molecule has 1 heterocycles. The predicted molar refractivity (Wildman–Crippen MR) is 128 cm³/mol. The number of unbranched alkanes of at least 4 members (excludes halogenated alkanes) is 5. The Morgan fingerprint density at radius 1 is 1.00 bits per heavy atom. The molecule has 0 saturated carbocycles. The standard InChI is InChI=1S/C26H30ClN3O2/c1-2-3-4-5-6-10-17-32-26-19-23(20-28-30(26)24-11-8-7-9-12-24)29-25(31)18-21-13-15-22(27)16-14-21/h7-9,11-16,19-20H,2-6,10,17-18H2,1H3/b29-23-. The summed E-state index contributed by atoms with van der Waals surface area (Å²) in [6, 6.07) is 18.8. The van der Waals surface area contributed by atoms with Crippen LogP contribution >= 0.6 is 11.6 Å². The fraction of sp³-hybridized carbons (Fsp3) is 0.346. The third kappa shape index (κ3) is 7.65. The van der Waals surface area contributed by atoms with Crippen molar-refractivity contribution in [1.29, 1.82) is 0 Å². The lowest BCUT2D eigenvalue weighted by Gasteiger charge is -2.13. The number of para-hydroxylation sites is 1. The summed E-state index contributed by atoms with van der Waals surface area (Å²) < 4.78 is 7.80. The van der Waals surface area contributed by atoms with Gasteiger partial charge in [-0.2, -0.15) is 5.10 Å². The molecule has 0 aliphatic rings. The minimum Gasteiger partial charge on any atom is -0.478 e. The Balaban J connectivity index is 1.72. The number of ether oxygens (including phenoxy) is 1. The molecule has 3 rings (SSSR count). The second-order valence-corrected chi connectivity index (χ2v) is 8.16.